The lowest BCUT2D eigenvalue weighted by molar-refractivity contribution is 0.146. The Labute approximate surface area is 149 Å². The van der Waals surface area contributed by atoms with Crippen LogP contribution in [0.2, 0.25) is 0 Å². The first-order valence-electron chi connectivity index (χ1n) is 7.90. The van der Waals surface area contributed by atoms with E-state index in [0.29, 0.717) is 0 Å². The lowest BCUT2D eigenvalue weighted by Crippen LogP contribution is -2.49. The first-order valence-corrected chi connectivity index (χ1v) is 9.34. The minimum absolute atomic E-state index is 0.0183. The van der Waals surface area contributed by atoms with Gasteiger partial charge in [0.25, 0.3) is 16.4 Å². The van der Waals surface area contributed by atoms with Crippen LogP contribution in [0.5, 0.6) is 0 Å². The molecule has 0 radical (unpaired) electrons. The van der Waals surface area contributed by atoms with Crippen molar-refractivity contribution in [3.63, 3.8) is 0 Å². The molecule has 3 rings (SSSR count). The molecule has 0 unspecified atom stereocenters. The van der Waals surface area contributed by atoms with Gasteiger partial charge in [0, 0.05) is 39.4 Å². The van der Waals surface area contributed by atoms with E-state index in [1.165, 1.54) is 32.3 Å². The van der Waals surface area contributed by atoms with Crippen molar-refractivity contribution < 1.29 is 21.6 Å². The van der Waals surface area contributed by atoms with E-state index >= 15 is 0 Å². The van der Waals surface area contributed by atoms with E-state index in [1.807, 2.05) is 0 Å². The molecule has 0 amide bonds. The van der Waals surface area contributed by atoms with Crippen molar-refractivity contribution in [1.82, 2.24) is 19.1 Å². The van der Waals surface area contributed by atoms with E-state index in [9.17, 15) is 21.6 Å². The molecule has 0 spiro atoms. The Balaban J connectivity index is 1.85. The number of anilines is 1. The lowest BCUT2D eigenvalue weighted by atomic mass is 10.3. The van der Waals surface area contributed by atoms with Gasteiger partial charge >= 0.3 is 0 Å². The first-order chi connectivity index (χ1) is 12.2. The number of sulfonamides is 1. The van der Waals surface area contributed by atoms with Crippen LogP contribution < -0.4 is 4.90 Å². The summed E-state index contributed by atoms with van der Waals surface area (Å²) in [6, 6.07) is 2.74. The second-order valence-electron chi connectivity index (χ2n) is 5.93. The molecule has 1 saturated heterocycles. The maximum atomic E-state index is 13.8. The van der Waals surface area contributed by atoms with Gasteiger partial charge in [-0.05, 0) is 19.1 Å². The Morgan fingerprint density at radius 2 is 1.85 bits per heavy atom. The number of hydrogen-bond acceptors (Lipinski definition) is 5. The fraction of sp³-hybridized carbons (Fsp3) is 0.467. The van der Waals surface area contributed by atoms with E-state index in [4.69, 9.17) is 0 Å². The van der Waals surface area contributed by atoms with Crippen molar-refractivity contribution in [3.05, 3.63) is 35.4 Å². The summed E-state index contributed by atoms with van der Waals surface area (Å²) in [7, 11) is -2.83. The summed E-state index contributed by atoms with van der Waals surface area (Å²) in [5, 5.41) is 3.33. The number of alkyl halides is 2. The van der Waals surface area contributed by atoms with E-state index in [2.05, 4.69) is 10.1 Å². The van der Waals surface area contributed by atoms with Gasteiger partial charge in [-0.1, -0.05) is 0 Å². The van der Waals surface area contributed by atoms with E-state index in [-0.39, 0.29) is 37.7 Å². The third-order valence-electron chi connectivity index (χ3n) is 4.29. The third-order valence-corrected chi connectivity index (χ3v) is 6.31. The van der Waals surface area contributed by atoms with Gasteiger partial charge in [-0.3, -0.25) is 4.68 Å². The molecular weight excluding hydrogens is 371 g/mol. The molecule has 3 heterocycles. The average Bonchev–Trinajstić information content (AvgIpc) is 2.90. The van der Waals surface area contributed by atoms with Crippen molar-refractivity contribution >= 4 is 15.8 Å². The average molecular weight is 389 g/mol. The van der Waals surface area contributed by atoms with Crippen molar-refractivity contribution in [2.45, 2.75) is 18.4 Å². The highest BCUT2D eigenvalue weighted by Crippen LogP contribution is 2.31. The van der Waals surface area contributed by atoms with Gasteiger partial charge in [0.05, 0.1) is 11.3 Å². The van der Waals surface area contributed by atoms with Crippen LogP contribution in [-0.2, 0) is 17.1 Å². The number of aryl methyl sites for hydroxylation is 2. The predicted molar refractivity (Wildman–Crippen MR) is 88.1 cm³/mol. The number of piperazine rings is 1. The molecule has 0 atom stereocenters. The van der Waals surface area contributed by atoms with Crippen LogP contribution in [0.4, 0.5) is 19.0 Å². The number of hydrogen-bond donors (Lipinski definition) is 0. The van der Waals surface area contributed by atoms with Gasteiger partial charge in [0.1, 0.15) is 0 Å². The molecule has 11 heteroatoms. The Morgan fingerprint density at radius 3 is 2.42 bits per heavy atom. The molecule has 1 fully saturated rings. The first kappa shape index (κ1) is 18.6. The van der Waals surface area contributed by atoms with Crippen molar-refractivity contribution in [2.24, 2.45) is 7.05 Å². The molecule has 26 heavy (non-hydrogen) atoms. The summed E-state index contributed by atoms with van der Waals surface area (Å²) >= 11 is 0. The molecule has 1 aliphatic heterocycles. The van der Waals surface area contributed by atoms with Crippen LogP contribution in [0.3, 0.4) is 0 Å². The van der Waals surface area contributed by atoms with Crippen LogP contribution in [0, 0.1) is 12.7 Å². The van der Waals surface area contributed by atoms with Crippen LogP contribution in [0.15, 0.2) is 23.4 Å². The quantitative estimate of drug-likeness (QED) is 0.796. The topological polar surface area (TPSA) is 71.3 Å². The fourth-order valence-corrected chi connectivity index (χ4v) is 4.86. The van der Waals surface area contributed by atoms with Crippen molar-refractivity contribution in [3.8, 4) is 0 Å². The molecule has 142 valence electrons. The van der Waals surface area contributed by atoms with E-state index in [0.717, 1.165) is 8.99 Å². The van der Waals surface area contributed by atoms with Gasteiger partial charge in [0.15, 0.2) is 16.7 Å². The van der Waals surface area contributed by atoms with Crippen LogP contribution in [0.25, 0.3) is 0 Å². The summed E-state index contributed by atoms with van der Waals surface area (Å²) in [6.45, 7) is 1.82. The molecule has 0 bridgehead atoms. The highest BCUT2D eigenvalue weighted by molar-refractivity contribution is 7.89. The molecule has 7 nitrogen and oxygen atoms in total. The predicted octanol–water partition coefficient (Wildman–Crippen LogP) is 1.71. The smallest absolute Gasteiger partial charge is 0.268 e. The summed E-state index contributed by atoms with van der Waals surface area (Å²) in [5.74, 6) is -0.347. The molecule has 1 aliphatic rings. The van der Waals surface area contributed by atoms with Gasteiger partial charge in [-0.15, -0.1) is 0 Å². The summed E-state index contributed by atoms with van der Waals surface area (Å²) in [5.41, 5.74) is -0.596. The molecule has 0 N–H and O–H groups in total. The monoisotopic (exact) mass is 389 g/mol. The lowest BCUT2D eigenvalue weighted by Gasteiger charge is -2.34. The third kappa shape index (κ3) is 3.16. The normalized spacial score (nSPS) is 16.5. The zero-order valence-electron chi connectivity index (χ0n) is 14.2. The molecule has 0 aliphatic carbocycles. The SMILES string of the molecule is Cc1nn(C)c(S(=O)(=O)N2CCN(c3ncccc3F)CC2)c1C(F)F. The Hall–Kier alpha value is -2.14. The van der Waals surface area contributed by atoms with Gasteiger partial charge < -0.3 is 4.90 Å². The Morgan fingerprint density at radius 1 is 1.19 bits per heavy atom. The molecular formula is C15H18F3N5O2S. The largest absolute Gasteiger partial charge is 0.352 e. The second-order valence-corrected chi connectivity index (χ2v) is 7.78. The maximum Gasteiger partial charge on any atom is 0.268 e. The van der Waals surface area contributed by atoms with Crippen molar-refractivity contribution in [2.75, 3.05) is 31.1 Å². The number of rotatable bonds is 4. The molecule has 2 aromatic rings. The number of nitrogens with zero attached hydrogens (tertiary/aromatic N) is 5. The Bertz CT molecular complexity index is 908. The number of aromatic nitrogens is 3. The summed E-state index contributed by atoms with van der Waals surface area (Å²) < 4.78 is 68.3. The fourth-order valence-electron chi connectivity index (χ4n) is 3.08. The van der Waals surface area contributed by atoms with Gasteiger partial charge in [0.2, 0.25) is 0 Å². The van der Waals surface area contributed by atoms with E-state index < -0.39 is 32.9 Å². The Kier molecular flexibility index (Phi) is 4.93. The van der Waals surface area contributed by atoms with E-state index in [1.54, 1.807) is 4.90 Å². The minimum atomic E-state index is -4.15. The molecule has 0 saturated carbocycles. The number of halogens is 3. The second kappa shape index (κ2) is 6.88. The zero-order chi connectivity index (χ0) is 19.1. The zero-order valence-corrected chi connectivity index (χ0v) is 15.0. The summed E-state index contributed by atoms with van der Waals surface area (Å²) in [4.78, 5) is 5.60. The van der Waals surface area contributed by atoms with Crippen LogP contribution >= 0.6 is 0 Å². The highest BCUT2D eigenvalue weighted by atomic mass is 32.2. The standard InChI is InChI=1S/C15H18F3N5O2S/c1-10-12(13(17)18)15(21(2)20-10)26(24,25)23-8-6-22(7-9-23)14-11(16)4-3-5-19-14/h3-5,13H,6-9H2,1-2H3. The molecule has 2 aromatic heterocycles. The number of pyridine rings is 1. The maximum absolute atomic E-state index is 13.8. The van der Waals surface area contributed by atoms with Crippen LogP contribution in [0.1, 0.15) is 17.7 Å². The van der Waals surface area contributed by atoms with Gasteiger partial charge in [-0.2, -0.15) is 9.40 Å². The summed E-state index contributed by atoms with van der Waals surface area (Å²) in [6.07, 6.45) is -1.49. The molecule has 0 aromatic carbocycles. The van der Waals surface area contributed by atoms with Gasteiger partial charge in [-0.25, -0.2) is 26.6 Å². The van der Waals surface area contributed by atoms with Crippen molar-refractivity contribution in [1.29, 1.82) is 0 Å². The highest BCUT2D eigenvalue weighted by Gasteiger charge is 2.36. The minimum Gasteiger partial charge on any atom is -0.352 e. The van der Waals surface area contributed by atoms with Crippen LogP contribution in [-0.4, -0.2) is 53.7 Å².